The Morgan fingerprint density at radius 2 is 1.86 bits per heavy atom. The van der Waals surface area contributed by atoms with Crippen molar-refractivity contribution in [3.63, 3.8) is 0 Å². The molecule has 0 aliphatic carbocycles. The van der Waals surface area contributed by atoms with Crippen LogP contribution in [0.4, 0.5) is 9.18 Å². The van der Waals surface area contributed by atoms with E-state index in [1.165, 1.54) is 10.7 Å². The smallest absolute Gasteiger partial charge is 0.410 e. The van der Waals surface area contributed by atoms with E-state index in [1.807, 2.05) is 31.7 Å². The second-order valence-electron chi connectivity index (χ2n) is 10.3. The Balaban J connectivity index is 1.18. The maximum absolute atomic E-state index is 14.5. The fourth-order valence-corrected chi connectivity index (χ4v) is 5.61. The van der Waals surface area contributed by atoms with Crippen molar-refractivity contribution in [1.82, 2.24) is 29.7 Å². The molecule has 0 atom stereocenters. The predicted molar refractivity (Wildman–Crippen MR) is 136 cm³/mol. The molecule has 2 aliphatic heterocycles. The fraction of sp³-hybridized carbons (Fsp3) is 0.583. The second kappa shape index (κ2) is 9.64. The first-order valence-electron chi connectivity index (χ1n) is 12.1. The van der Waals surface area contributed by atoms with Gasteiger partial charge in [0.1, 0.15) is 20.6 Å². The molecule has 0 saturated carbocycles. The first-order valence-corrected chi connectivity index (χ1v) is 13.2. The summed E-state index contributed by atoms with van der Waals surface area (Å²) >= 11 is 2.09. The average Bonchev–Trinajstić information content (AvgIpc) is 3.44. The summed E-state index contributed by atoms with van der Waals surface area (Å²) in [5.41, 5.74) is -0.113. The van der Waals surface area contributed by atoms with Crippen LogP contribution in [0.5, 0.6) is 0 Å². The Morgan fingerprint density at radius 1 is 1.14 bits per heavy atom. The van der Waals surface area contributed by atoms with E-state index in [1.54, 1.807) is 6.07 Å². The van der Waals surface area contributed by atoms with Gasteiger partial charge < -0.3 is 19.1 Å². The molecule has 0 radical (unpaired) electrons. The minimum Gasteiger partial charge on any atom is -0.444 e. The minimum absolute atomic E-state index is 0.167. The summed E-state index contributed by atoms with van der Waals surface area (Å²) in [6, 6.07) is 5.38. The summed E-state index contributed by atoms with van der Waals surface area (Å²) in [7, 11) is 0. The summed E-state index contributed by atoms with van der Waals surface area (Å²) in [4.78, 5) is 21.2. The van der Waals surface area contributed by atoms with Crippen molar-refractivity contribution < 1.29 is 18.4 Å². The number of likely N-dealkylation sites (tertiary alicyclic amines) is 2. The molecule has 5 rings (SSSR count). The summed E-state index contributed by atoms with van der Waals surface area (Å²) in [6.07, 6.45) is 3.51. The van der Waals surface area contributed by atoms with E-state index in [0.29, 0.717) is 21.1 Å². The van der Waals surface area contributed by atoms with Gasteiger partial charge in [-0.25, -0.2) is 9.18 Å². The van der Waals surface area contributed by atoms with Gasteiger partial charge in [-0.1, -0.05) is 6.07 Å². The lowest BCUT2D eigenvalue weighted by Crippen LogP contribution is -2.49. The van der Waals surface area contributed by atoms with Gasteiger partial charge in [0.15, 0.2) is 0 Å². The van der Waals surface area contributed by atoms with Gasteiger partial charge in [-0.2, -0.15) is 14.8 Å². The van der Waals surface area contributed by atoms with Crippen molar-refractivity contribution in [1.29, 1.82) is 0 Å². The van der Waals surface area contributed by atoms with Crippen LogP contribution in [-0.4, -0.2) is 73.6 Å². The van der Waals surface area contributed by atoms with Crippen molar-refractivity contribution in [2.24, 2.45) is 0 Å². The van der Waals surface area contributed by atoms with Crippen LogP contribution in [0, 0.1) is 9.52 Å². The minimum atomic E-state index is -0.471. The molecule has 4 heterocycles. The molecule has 1 amide bonds. The SMILES string of the molecule is CC(C)(C)OC(=O)N1CCC(N2CCC(c3nc(-n4nc(I)c5cccc(F)c54)no3)CC2)CC1. The highest BCUT2D eigenvalue weighted by Gasteiger charge is 2.33. The Labute approximate surface area is 217 Å². The molecule has 0 spiro atoms. The Kier molecular flexibility index (Phi) is 6.73. The van der Waals surface area contributed by atoms with Crippen LogP contribution in [0.25, 0.3) is 16.9 Å². The summed E-state index contributed by atoms with van der Waals surface area (Å²) in [5, 5.41) is 9.26. The van der Waals surface area contributed by atoms with Crippen LogP contribution in [0.15, 0.2) is 22.7 Å². The van der Waals surface area contributed by atoms with E-state index < -0.39 is 5.60 Å². The Bertz CT molecular complexity index is 1210. The van der Waals surface area contributed by atoms with Crippen LogP contribution in [0.3, 0.4) is 0 Å². The first kappa shape index (κ1) is 24.4. The molecule has 11 heteroatoms. The molecule has 0 N–H and O–H groups in total. The zero-order valence-electron chi connectivity index (χ0n) is 20.2. The van der Waals surface area contributed by atoms with Gasteiger partial charge in [0, 0.05) is 30.4 Å². The highest BCUT2D eigenvalue weighted by atomic mass is 127. The maximum atomic E-state index is 14.5. The van der Waals surface area contributed by atoms with Gasteiger partial charge in [0.05, 0.1) is 0 Å². The maximum Gasteiger partial charge on any atom is 0.410 e. The van der Waals surface area contributed by atoms with Gasteiger partial charge in [-0.05, 0) is 99.4 Å². The topological polar surface area (TPSA) is 89.5 Å². The van der Waals surface area contributed by atoms with Crippen molar-refractivity contribution in [2.75, 3.05) is 26.2 Å². The zero-order chi connectivity index (χ0) is 24.7. The standard InChI is InChI=1S/C24H30FIN6O3/c1-24(2,3)34-23(33)31-13-9-16(10-14-31)30-11-7-15(8-12-30)21-27-22(29-35-21)32-19-17(20(26)28-32)5-4-6-18(19)25/h4-6,15-16H,7-14H2,1-3H3. The normalized spacial score (nSPS) is 18.9. The molecule has 2 aliphatic rings. The molecule has 35 heavy (non-hydrogen) atoms. The number of aromatic nitrogens is 4. The largest absolute Gasteiger partial charge is 0.444 e. The van der Waals surface area contributed by atoms with Gasteiger partial charge in [0.25, 0.3) is 5.95 Å². The molecule has 0 unspecified atom stereocenters. The number of carbonyl (C=O) groups is 1. The number of amides is 1. The summed E-state index contributed by atoms with van der Waals surface area (Å²) in [6.45, 7) is 9.01. The molecular formula is C24H30FIN6O3. The molecular weight excluding hydrogens is 566 g/mol. The number of rotatable bonds is 3. The lowest BCUT2D eigenvalue weighted by atomic mass is 9.93. The molecule has 188 valence electrons. The van der Waals surface area contributed by atoms with E-state index >= 15 is 0 Å². The lowest BCUT2D eigenvalue weighted by Gasteiger charge is -2.41. The van der Waals surface area contributed by atoms with Crippen molar-refractivity contribution in [3.05, 3.63) is 33.6 Å². The fourth-order valence-electron chi connectivity index (χ4n) is 4.96. The molecule has 2 saturated heterocycles. The van der Waals surface area contributed by atoms with Gasteiger partial charge >= 0.3 is 6.09 Å². The quantitative estimate of drug-likeness (QED) is 0.404. The Morgan fingerprint density at radius 3 is 2.54 bits per heavy atom. The number of piperidine rings is 2. The number of halogens is 2. The van der Waals surface area contributed by atoms with Gasteiger partial charge in [-0.3, -0.25) is 0 Å². The zero-order valence-corrected chi connectivity index (χ0v) is 22.4. The second-order valence-corrected chi connectivity index (χ2v) is 11.3. The van der Waals surface area contributed by atoms with E-state index in [-0.39, 0.29) is 23.8 Å². The highest BCUT2D eigenvalue weighted by Crippen LogP contribution is 2.31. The molecule has 2 fully saturated rings. The number of hydrogen-bond donors (Lipinski definition) is 0. The molecule has 2 aromatic heterocycles. The van der Waals surface area contributed by atoms with Crippen molar-refractivity contribution in [2.45, 2.75) is 64.0 Å². The van der Waals surface area contributed by atoms with E-state index in [4.69, 9.17) is 9.26 Å². The number of benzene rings is 1. The third-order valence-corrected chi connectivity index (χ3v) is 7.54. The van der Waals surface area contributed by atoms with Crippen LogP contribution in [0.1, 0.15) is 58.3 Å². The van der Waals surface area contributed by atoms with Crippen molar-refractivity contribution in [3.8, 4) is 5.95 Å². The molecule has 9 nitrogen and oxygen atoms in total. The number of carbonyl (C=O) groups excluding carboxylic acids is 1. The van der Waals surface area contributed by atoms with E-state index in [2.05, 4.69) is 42.7 Å². The molecule has 0 bridgehead atoms. The first-order chi connectivity index (χ1) is 16.7. The monoisotopic (exact) mass is 596 g/mol. The number of fused-ring (bicyclic) bond motifs is 1. The molecule has 1 aromatic carbocycles. The predicted octanol–water partition coefficient (Wildman–Crippen LogP) is 4.73. The molecule has 3 aromatic rings. The third-order valence-electron chi connectivity index (χ3n) is 6.74. The summed E-state index contributed by atoms with van der Waals surface area (Å²) in [5.74, 6) is 0.639. The number of para-hydroxylation sites is 1. The van der Waals surface area contributed by atoms with Crippen LogP contribution >= 0.6 is 22.6 Å². The van der Waals surface area contributed by atoms with Crippen LogP contribution in [-0.2, 0) is 4.74 Å². The number of ether oxygens (including phenoxy) is 1. The highest BCUT2D eigenvalue weighted by molar-refractivity contribution is 14.1. The van der Waals surface area contributed by atoms with Gasteiger partial charge in [0.2, 0.25) is 5.89 Å². The van der Waals surface area contributed by atoms with Crippen LogP contribution < -0.4 is 0 Å². The van der Waals surface area contributed by atoms with Crippen molar-refractivity contribution >= 4 is 39.6 Å². The van der Waals surface area contributed by atoms with E-state index in [9.17, 15) is 9.18 Å². The number of hydrogen-bond acceptors (Lipinski definition) is 7. The van der Waals surface area contributed by atoms with E-state index in [0.717, 1.165) is 57.2 Å². The third kappa shape index (κ3) is 5.16. The van der Waals surface area contributed by atoms with Gasteiger partial charge in [-0.15, -0.1) is 0 Å². The Hall–Kier alpha value is -2.28. The summed E-state index contributed by atoms with van der Waals surface area (Å²) < 4.78 is 27.7. The number of nitrogens with zero attached hydrogens (tertiary/aromatic N) is 6. The lowest BCUT2D eigenvalue weighted by molar-refractivity contribution is 0.0124. The average molecular weight is 596 g/mol. The van der Waals surface area contributed by atoms with Crippen LogP contribution in [0.2, 0.25) is 0 Å².